The van der Waals surface area contributed by atoms with Crippen molar-refractivity contribution in [1.82, 2.24) is 67.3 Å². The molecule has 31 rings (SSSR count). The van der Waals surface area contributed by atoms with E-state index < -0.39 is 0 Å². The zero-order valence-corrected chi connectivity index (χ0v) is 79.8. The molecule has 0 saturated heterocycles. The van der Waals surface area contributed by atoms with Crippen LogP contribution in [0.4, 0.5) is 0 Å². The number of hydrogen-bond acceptors (Lipinski definition) is 8. The molecule has 0 amide bonds. The fourth-order valence-corrected chi connectivity index (χ4v) is 22.9. The molecule has 22 aromatic carbocycles. The van der Waals surface area contributed by atoms with Crippen LogP contribution < -0.4 is 0 Å². The topological polar surface area (TPSA) is 133 Å². The zero-order chi connectivity index (χ0) is 97.4. The minimum Gasteiger partial charge on any atom is -0.309 e. The molecule has 0 saturated carbocycles. The van der Waals surface area contributed by atoms with Crippen molar-refractivity contribution in [1.29, 1.82) is 0 Å². The van der Waals surface area contributed by atoms with Crippen LogP contribution in [-0.2, 0) is 0 Å². The normalized spacial score (nSPS) is 11.8. The summed E-state index contributed by atoms with van der Waals surface area (Å²) >= 11 is 0. The summed E-state index contributed by atoms with van der Waals surface area (Å²) in [5.41, 5.74) is 25.7. The highest BCUT2D eigenvalue weighted by atomic mass is 15.2. The Morgan fingerprint density at radius 2 is 0.365 bits per heavy atom. The van der Waals surface area contributed by atoms with Crippen LogP contribution in [0, 0.1) is 0 Å². The minimum atomic E-state index is 0.587. The SMILES string of the molecule is c1ccc(-c2nc(-c3ccccc3)nc(-c3cccc(-n4c5ccc6ccccc6c5c5c6c7ccccc7n(-c7ccccc7)c6ccc54)c3)n2)cc1.c1ccc(-c2nc(-c3ccccc3)nc(-n3c4ccc5ccccc5c4c4c5c6ccccc6n(-c6ccccc6)c5ccc43)n2)cc1.c1ccc(-c2nc(-n3c4ccc5ccccc5c4c4c5c6ccccc6n(-c6ccccc6)c5ccc43)nc3ccccc23)cc1. The second-order valence-corrected chi connectivity index (χ2v) is 37.5. The maximum atomic E-state index is 5.34. The summed E-state index contributed by atoms with van der Waals surface area (Å²) < 4.78 is 14.1. The first kappa shape index (κ1) is 84.6. The number of aromatic nitrogens is 14. The van der Waals surface area contributed by atoms with Crippen molar-refractivity contribution in [3.05, 3.63) is 510 Å². The van der Waals surface area contributed by atoms with Gasteiger partial charge in [-0.15, -0.1) is 0 Å². The number of rotatable bonds is 12. The van der Waals surface area contributed by atoms with E-state index in [9.17, 15) is 0 Å². The number of para-hydroxylation sites is 7. The molecule has 9 heterocycles. The van der Waals surface area contributed by atoms with Gasteiger partial charge in [-0.1, -0.05) is 382 Å². The Morgan fingerprint density at radius 3 is 0.730 bits per heavy atom. The van der Waals surface area contributed by atoms with Gasteiger partial charge in [-0.05, 0) is 160 Å². The third kappa shape index (κ3) is 13.8. The van der Waals surface area contributed by atoms with Gasteiger partial charge in [0.05, 0.1) is 77.4 Å². The molecular formula is C134H84N14. The lowest BCUT2D eigenvalue weighted by atomic mass is 10.0. The van der Waals surface area contributed by atoms with Crippen molar-refractivity contribution >= 4 is 174 Å². The highest BCUT2D eigenvalue weighted by molar-refractivity contribution is 6.37. The van der Waals surface area contributed by atoms with E-state index >= 15 is 0 Å². The van der Waals surface area contributed by atoms with Crippen molar-refractivity contribution in [2.24, 2.45) is 0 Å². The molecule has 0 aliphatic carbocycles. The Labute approximate surface area is 847 Å². The summed E-state index contributed by atoms with van der Waals surface area (Å²) in [5, 5.41) is 23.0. The van der Waals surface area contributed by atoms with E-state index in [1.165, 1.54) is 125 Å². The largest absolute Gasteiger partial charge is 0.309 e. The van der Waals surface area contributed by atoms with E-state index in [-0.39, 0.29) is 0 Å². The quantitative estimate of drug-likeness (QED) is 0.118. The lowest BCUT2D eigenvalue weighted by molar-refractivity contribution is 0.954. The summed E-state index contributed by atoms with van der Waals surface area (Å²) in [6, 6.07) is 179. The Balaban J connectivity index is 0.000000105. The molecule has 0 aliphatic rings. The van der Waals surface area contributed by atoms with Crippen LogP contribution in [-0.4, -0.2) is 67.3 Å². The molecule has 0 aliphatic heterocycles. The van der Waals surface area contributed by atoms with Crippen LogP contribution in [0.5, 0.6) is 0 Å². The molecule has 14 nitrogen and oxygen atoms in total. The lowest BCUT2D eigenvalue weighted by Crippen LogP contribution is -2.06. The predicted octanol–water partition coefficient (Wildman–Crippen LogP) is 33.4. The highest BCUT2D eigenvalue weighted by Crippen LogP contribution is 2.50. The molecule has 0 bridgehead atoms. The summed E-state index contributed by atoms with van der Waals surface area (Å²) in [6.07, 6.45) is 0. The van der Waals surface area contributed by atoms with Crippen molar-refractivity contribution in [3.63, 3.8) is 0 Å². The van der Waals surface area contributed by atoms with Crippen LogP contribution in [0.2, 0.25) is 0 Å². The highest BCUT2D eigenvalue weighted by Gasteiger charge is 2.30. The average Bonchev–Trinajstić information content (AvgIpc) is 1.54. The maximum Gasteiger partial charge on any atom is 0.238 e. The molecule has 148 heavy (non-hydrogen) atoms. The van der Waals surface area contributed by atoms with Gasteiger partial charge in [0.25, 0.3) is 0 Å². The molecular weight excluding hydrogens is 1810 g/mol. The van der Waals surface area contributed by atoms with Gasteiger partial charge in [0.2, 0.25) is 11.9 Å². The molecule has 0 radical (unpaired) electrons. The molecule has 0 fully saturated rings. The van der Waals surface area contributed by atoms with Crippen molar-refractivity contribution in [2.75, 3.05) is 0 Å². The fraction of sp³-hybridized carbons (Fsp3) is 0. The van der Waals surface area contributed by atoms with E-state index in [0.29, 0.717) is 41.0 Å². The second-order valence-electron chi connectivity index (χ2n) is 37.5. The van der Waals surface area contributed by atoms with Gasteiger partial charge in [0, 0.05) is 126 Å². The van der Waals surface area contributed by atoms with Crippen molar-refractivity contribution < 1.29 is 0 Å². The lowest BCUT2D eigenvalue weighted by Gasteiger charge is -2.12. The molecule has 0 unspecified atom stereocenters. The van der Waals surface area contributed by atoms with Crippen molar-refractivity contribution in [2.45, 2.75) is 0 Å². The van der Waals surface area contributed by atoms with Gasteiger partial charge in [0.15, 0.2) is 29.1 Å². The molecule has 0 spiro atoms. The Bertz CT molecular complexity index is 10600. The van der Waals surface area contributed by atoms with Gasteiger partial charge in [-0.3, -0.25) is 9.13 Å². The Morgan fingerprint density at radius 1 is 0.128 bits per heavy atom. The fourth-order valence-electron chi connectivity index (χ4n) is 22.9. The van der Waals surface area contributed by atoms with Crippen molar-refractivity contribution in [3.8, 4) is 103 Å². The molecule has 14 heteroatoms. The summed E-state index contributed by atoms with van der Waals surface area (Å²) in [6.45, 7) is 0. The number of fused-ring (bicyclic) bond motifs is 28. The second kappa shape index (κ2) is 34.9. The molecule has 690 valence electrons. The Hall–Kier alpha value is -20.2. The molecule has 0 atom stereocenters. The number of nitrogens with zero attached hydrogens (tertiary/aromatic N) is 14. The standard InChI is InChI=1S/C49H31N5.C43H27N5.C42H26N4/c1-4-16-33(17-5-1)47-50-48(34-18-6-2-7-19-34)52-49(51-47)35-20-14-23-37(31-35)54-41-28-27-32-15-10-11-24-38(32)44(41)46-43(54)30-29-42-45(46)39-25-12-13-26-40(39)53(42)36-21-8-3-9-22-36;1-4-15-29(16-5-1)41-44-42(30-17-6-2-7-18-30)46-43(45-41)48-36-25-24-28-14-10-11-21-32(28)38(36)40-37(48)27-26-35-39(40)33-22-12-13-23-34(33)47(35)31-19-8-3-9-20-31;1-3-14-28(15-4-1)41-31-19-9-11-21-33(31)43-42(44-41)46-36-24-23-27-13-7-8-18-30(27)38(36)40-37(46)26-25-35-39(40)32-20-10-12-22-34(32)45(35)29-16-5-2-6-17-29/h1-31H;1-27H;1-26H. The smallest absolute Gasteiger partial charge is 0.238 e. The van der Waals surface area contributed by atoms with E-state index in [1.54, 1.807) is 0 Å². The first-order chi connectivity index (χ1) is 73.5. The molecule has 31 aromatic rings. The van der Waals surface area contributed by atoms with Gasteiger partial charge in [-0.25, -0.2) is 29.9 Å². The Kier molecular flexibility index (Phi) is 19.9. The van der Waals surface area contributed by atoms with Gasteiger partial charge in [-0.2, -0.15) is 9.97 Å². The maximum absolute atomic E-state index is 5.34. The van der Waals surface area contributed by atoms with Crippen LogP contribution >= 0.6 is 0 Å². The first-order valence-electron chi connectivity index (χ1n) is 50.0. The summed E-state index contributed by atoms with van der Waals surface area (Å²) in [5.74, 6) is 4.44. The van der Waals surface area contributed by atoms with Crippen LogP contribution in [0.25, 0.3) is 277 Å². The zero-order valence-electron chi connectivity index (χ0n) is 79.8. The first-order valence-corrected chi connectivity index (χ1v) is 50.0. The van der Waals surface area contributed by atoms with Crippen LogP contribution in [0.15, 0.2) is 510 Å². The third-order valence-electron chi connectivity index (χ3n) is 29.2. The predicted molar refractivity (Wildman–Crippen MR) is 610 cm³/mol. The number of benzene rings is 22. The van der Waals surface area contributed by atoms with Crippen LogP contribution in [0.1, 0.15) is 0 Å². The summed E-state index contributed by atoms with van der Waals surface area (Å²) in [4.78, 5) is 41.0. The van der Waals surface area contributed by atoms with E-state index in [2.05, 4.69) is 434 Å². The third-order valence-corrected chi connectivity index (χ3v) is 29.2. The monoisotopic (exact) mass is 1890 g/mol. The van der Waals surface area contributed by atoms with E-state index in [4.69, 9.17) is 39.9 Å². The van der Waals surface area contributed by atoms with Crippen LogP contribution in [0.3, 0.4) is 0 Å². The van der Waals surface area contributed by atoms with Gasteiger partial charge < -0.3 is 18.3 Å². The average molecular weight is 1890 g/mol. The van der Waals surface area contributed by atoms with Gasteiger partial charge >= 0.3 is 0 Å². The van der Waals surface area contributed by atoms with E-state index in [1.807, 2.05) is 103 Å². The van der Waals surface area contributed by atoms with Gasteiger partial charge in [0.1, 0.15) is 0 Å². The summed E-state index contributed by atoms with van der Waals surface area (Å²) in [7, 11) is 0. The number of hydrogen-bond donors (Lipinski definition) is 0. The molecule has 9 aromatic heterocycles. The minimum absolute atomic E-state index is 0.587. The molecule has 0 N–H and O–H groups in total. The van der Waals surface area contributed by atoms with E-state index in [0.717, 1.165) is 111 Å².